The molecule has 0 spiro atoms. The number of Topliss-reactive ketones (excluding diaryl/α,β-unsaturated/α-hetero) is 1. The van der Waals surface area contributed by atoms with Crippen molar-refractivity contribution in [2.24, 2.45) is 0 Å². The predicted octanol–water partition coefficient (Wildman–Crippen LogP) is 2.96. The van der Waals surface area contributed by atoms with Gasteiger partial charge in [-0.1, -0.05) is 45.8 Å². The van der Waals surface area contributed by atoms with Gasteiger partial charge in [0.05, 0.1) is 4.83 Å². The number of carbonyl (C=O) groups is 1. The van der Waals surface area contributed by atoms with E-state index in [0.717, 1.165) is 5.56 Å². The first-order valence-corrected chi connectivity index (χ1v) is 4.78. The third kappa shape index (κ3) is 2.18. The molecule has 0 radical (unpaired) electrons. The van der Waals surface area contributed by atoms with E-state index in [1.54, 1.807) is 0 Å². The fourth-order valence-corrected chi connectivity index (χ4v) is 1.21. The predicted molar refractivity (Wildman–Crippen MR) is 53.9 cm³/mol. The lowest BCUT2D eigenvalue weighted by molar-refractivity contribution is 0.0996. The average Bonchev–Trinajstić information content (AvgIpc) is 2.04. The topological polar surface area (TPSA) is 17.1 Å². The van der Waals surface area contributed by atoms with E-state index >= 15 is 0 Å². The zero-order chi connectivity index (χ0) is 9.14. The van der Waals surface area contributed by atoms with Gasteiger partial charge in [-0.3, -0.25) is 4.79 Å². The summed E-state index contributed by atoms with van der Waals surface area (Å²) >= 11 is 3.25. The fraction of sp³-hybridized carbons (Fsp3) is 0.300. The molecule has 0 saturated carbocycles. The Balaban J connectivity index is 2.90. The van der Waals surface area contributed by atoms with E-state index in [-0.39, 0.29) is 10.6 Å². The Bertz CT molecular complexity index is 274. The minimum absolute atomic E-state index is 0.0970. The van der Waals surface area contributed by atoms with Gasteiger partial charge < -0.3 is 0 Å². The molecule has 1 aromatic carbocycles. The van der Waals surface area contributed by atoms with Gasteiger partial charge in [0.1, 0.15) is 0 Å². The van der Waals surface area contributed by atoms with Crippen LogP contribution in [0, 0.1) is 6.92 Å². The van der Waals surface area contributed by atoms with Crippen LogP contribution in [0.4, 0.5) is 0 Å². The lowest BCUT2D eigenvalue weighted by Crippen LogP contribution is -2.09. The van der Waals surface area contributed by atoms with Crippen molar-refractivity contribution >= 4 is 21.7 Å². The molecule has 0 aromatic heterocycles. The zero-order valence-electron chi connectivity index (χ0n) is 7.17. The van der Waals surface area contributed by atoms with Gasteiger partial charge in [0.15, 0.2) is 5.78 Å². The van der Waals surface area contributed by atoms with Crippen LogP contribution in [0.15, 0.2) is 24.3 Å². The van der Waals surface area contributed by atoms with Gasteiger partial charge in [-0.25, -0.2) is 0 Å². The van der Waals surface area contributed by atoms with E-state index in [0.29, 0.717) is 0 Å². The Morgan fingerprint density at radius 2 is 1.83 bits per heavy atom. The quantitative estimate of drug-likeness (QED) is 0.560. The van der Waals surface area contributed by atoms with E-state index in [1.165, 1.54) is 5.56 Å². The third-order valence-electron chi connectivity index (χ3n) is 1.70. The van der Waals surface area contributed by atoms with Crippen molar-refractivity contribution in [3.05, 3.63) is 35.4 Å². The maximum absolute atomic E-state index is 11.4. The highest BCUT2D eigenvalue weighted by Crippen LogP contribution is 2.10. The number of alkyl halides is 1. The first-order valence-electron chi connectivity index (χ1n) is 3.86. The van der Waals surface area contributed by atoms with Crippen LogP contribution >= 0.6 is 15.9 Å². The van der Waals surface area contributed by atoms with Crippen LogP contribution in [0.5, 0.6) is 0 Å². The lowest BCUT2D eigenvalue weighted by atomic mass is 10.1. The monoisotopic (exact) mass is 226 g/mol. The van der Waals surface area contributed by atoms with E-state index in [9.17, 15) is 4.79 Å². The molecular weight excluding hydrogens is 216 g/mol. The van der Waals surface area contributed by atoms with Crippen LogP contribution in [-0.2, 0) is 0 Å². The summed E-state index contributed by atoms with van der Waals surface area (Å²) in [6.45, 7) is 3.84. The molecule has 2 heteroatoms. The number of benzene rings is 1. The Kier molecular flexibility index (Phi) is 3.04. The molecule has 64 valence electrons. The molecule has 1 nitrogen and oxygen atoms in total. The molecule has 1 aromatic rings. The normalized spacial score (nSPS) is 12.6. The van der Waals surface area contributed by atoms with Crippen LogP contribution in [0.25, 0.3) is 0 Å². The number of rotatable bonds is 2. The average molecular weight is 227 g/mol. The second-order valence-corrected chi connectivity index (χ2v) is 4.22. The van der Waals surface area contributed by atoms with Crippen molar-refractivity contribution in [3.8, 4) is 0 Å². The third-order valence-corrected chi connectivity index (χ3v) is 2.11. The van der Waals surface area contributed by atoms with Gasteiger partial charge in [-0.2, -0.15) is 0 Å². The number of ketones is 1. The Morgan fingerprint density at radius 3 is 2.25 bits per heavy atom. The molecule has 1 rings (SSSR count). The summed E-state index contributed by atoms with van der Waals surface area (Å²) in [6, 6.07) is 7.61. The molecule has 0 aliphatic carbocycles. The molecule has 0 fully saturated rings. The summed E-state index contributed by atoms with van der Waals surface area (Å²) in [5.41, 5.74) is 1.94. The minimum Gasteiger partial charge on any atom is -0.293 e. The fourth-order valence-electron chi connectivity index (χ4n) is 0.947. The standard InChI is InChI=1S/C10H11BrO/c1-7-3-5-9(6-4-7)10(12)8(2)11/h3-6,8H,1-2H3/t8-/m0/s1. The van der Waals surface area contributed by atoms with Crippen molar-refractivity contribution in [1.29, 1.82) is 0 Å². The molecule has 1 atom stereocenters. The lowest BCUT2D eigenvalue weighted by Gasteiger charge is -2.02. The summed E-state index contributed by atoms with van der Waals surface area (Å²) in [5.74, 6) is 0.134. The van der Waals surface area contributed by atoms with Gasteiger partial charge in [0.25, 0.3) is 0 Å². The Morgan fingerprint density at radius 1 is 1.33 bits per heavy atom. The van der Waals surface area contributed by atoms with Gasteiger partial charge in [0.2, 0.25) is 0 Å². The smallest absolute Gasteiger partial charge is 0.176 e. The Hall–Kier alpha value is -0.630. The molecule has 0 bridgehead atoms. The molecule has 0 saturated heterocycles. The van der Waals surface area contributed by atoms with Crippen LogP contribution in [-0.4, -0.2) is 10.6 Å². The number of hydrogen-bond donors (Lipinski definition) is 0. The van der Waals surface area contributed by atoms with Crippen molar-refractivity contribution in [3.63, 3.8) is 0 Å². The van der Waals surface area contributed by atoms with Crippen molar-refractivity contribution in [2.45, 2.75) is 18.7 Å². The van der Waals surface area contributed by atoms with E-state index < -0.39 is 0 Å². The highest BCUT2D eigenvalue weighted by Gasteiger charge is 2.10. The van der Waals surface area contributed by atoms with Crippen LogP contribution < -0.4 is 0 Å². The number of carbonyl (C=O) groups excluding carboxylic acids is 1. The van der Waals surface area contributed by atoms with E-state index in [1.807, 2.05) is 38.1 Å². The SMILES string of the molecule is Cc1ccc(C(=O)[C@H](C)Br)cc1. The molecular formula is C10H11BrO. The summed E-state index contributed by atoms with van der Waals surface area (Å²) in [6.07, 6.45) is 0. The highest BCUT2D eigenvalue weighted by atomic mass is 79.9. The molecule has 0 heterocycles. The molecule has 0 aliphatic heterocycles. The molecule has 0 aliphatic rings. The molecule has 0 unspecified atom stereocenters. The van der Waals surface area contributed by atoms with Crippen LogP contribution in [0.1, 0.15) is 22.8 Å². The van der Waals surface area contributed by atoms with Crippen LogP contribution in [0.3, 0.4) is 0 Å². The first-order chi connectivity index (χ1) is 5.61. The van der Waals surface area contributed by atoms with E-state index in [4.69, 9.17) is 0 Å². The molecule has 12 heavy (non-hydrogen) atoms. The van der Waals surface area contributed by atoms with Gasteiger partial charge in [0, 0.05) is 5.56 Å². The van der Waals surface area contributed by atoms with Crippen molar-refractivity contribution in [2.75, 3.05) is 0 Å². The van der Waals surface area contributed by atoms with Crippen molar-refractivity contribution in [1.82, 2.24) is 0 Å². The summed E-state index contributed by atoms with van der Waals surface area (Å²) in [4.78, 5) is 11.3. The second-order valence-electron chi connectivity index (χ2n) is 2.85. The highest BCUT2D eigenvalue weighted by molar-refractivity contribution is 9.10. The molecule has 0 amide bonds. The summed E-state index contributed by atoms with van der Waals surface area (Å²) in [7, 11) is 0. The number of aryl methyl sites for hydroxylation is 1. The number of halogens is 1. The van der Waals surface area contributed by atoms with Crippen molar-refractivity contribution < 1.29 is 4.79 Å². The summed E-state index contributed by atoms with van der Waals surface area (Å²) < 4.78 is 0. The second kappa shape index (κ2) is 3.85. The minimum atomic E-state index is -0.0970. The van der Waals surface area contributed by atoms with Gasteiger partial charge in [-0.15, -0.1) is 0 Å². The summed E-state index contributed by atoms with van der Waals surface area (Å²) in [5, 5.41) is 0. The maximum atomic E-state index is 11.4. The molecule has 0 N–H and O–H groups in total. The van der Waals surface area contributed by atoms with Crippen LogP contribution in [0.2, 0.25) is 0 Å². The van der Waals surface area contributed by atoms with Gasteiger partial charge >= 0.3 is 0 Å². The number of hydrogen-bond acceptors (Lipinski definition) is 1. The van der Waals surface area contributed by atoms with Gasteiger partial charge in [-0.05, 0) is 13.8 Å². The largest absolute Gasteiger partial charge is 0.293 e. The zero-order valence-corrected chi connectivity index (χ0v) is 8.76. The maximum Gasteiger partial charge on any atom is 0.176 e. The van der Waals surface area contributed by atoms with E-state index in [2.05, 4.69) is 15.9 Å². The Labute approximate surface area is 80.9 Å². The first kappa shape index (κ1) is 9.46.